The number of pyridine rings is 1. The zero-order valence-electron chi connectivity index (χ0n) is 10.7. The van der Waals surface area contributed by atoms with Crippen LogP contribution in [-0.4, -0.2) is 10.8 Å². The monoisotopic (exact) mass is 257 g/mol. The quantitative estimate of drug-likeness (QED) is 0.777. The van der Waals surface area contributed by atoms with Crippen LogP contribution in [0.15, 0.2) is 46.5 Å². The zero-order chi connectivity index (χ0) is 13.1. The van der Waals surface area contributed by atoms with Crippen molar-refractivity contribution in [3.63, 3.8) is 0 Å². The van der Waals surface area contributed by atoms with E-state index in [1.54, 1.807) is 19.2 Å². The molecule has 0 amide bonds. The minimum Gasteiger partial charge on any atom is -0.294 e. The number of carbonyl (C=O) groups excluding carboxylic acids is 1. The number of nitrogens with zero attached hydrogens (tertiary/aromatic N) is 1. The van der Waals surface area contributed by atoms with E-state index in [0.717, 1.165) is 9.92 Å². The van der Waals surface area contributed by atoms with Gasteiger partial charge in [-0.1, -0.05) is 17.8 Å². The van der Waals surface area contributed by atoms with Crippen molar-refractivity contribution in [3.8, 4) is 0 Å². The number of Topliss-reactive ketones (excluding diaryl/α,β-unsaturated/α-hetero) is 1. The van der Waals surface area contributed by atoms with E-state index in [0.29, 0.717) is 5.56 Å². The second-order valence-corrected chi connectivity index (χ2v) is 5.32. The maximum absolute atomic E-state index is 11.5. The average molecular weight is 257 g/mol. The van der Waals surface area contributed by atoms with E-state index in [4.69, 9.17) is 0 Å². The molecule has 1 heterocycles. The van der Waals surface area contributed by atoms with Crippen LogP contribution in [0.5, 0.6) is 0 Å². The lowest BCUT2D eigenvalue weighted by Gasteiger charge is -2.07. The predicted molar refractivity (Wildman–Crippen MR) is 74.3 cm³/mol. The minimum atomic E-state index is 0.0504. The van der Waals surface area contributed by atoms with Crippen LogP contribution in [0.1, 0.15) is 28.4 Å². The molecule has 2 aromatic rings. The van der Waals surface area contributed by atoms with Gasteiger partial charge in [0.25, 0.3) is 0 Å². The Labute approximate surface area is 111 Å². The van der Waals surface area contributed by atoms with Crippen molar-refractivity contribution in [1.82, 2.24) is 4.98 Å². The van der Waals surface area contributed by atoms with Crippen LogP contribution < -0.4 is 0 Å². The SMILES string of the molecule is CC(=O)c1cccnc1Sc1ccc(C)c(C)c1. The molecule has 2 nitrogen and oxygen atoms in total. The normalized spacial score (nSPS) is 10.4. The Balaban J connectivity index is 2.34. The van der Waals surface area contributed by atoms with E-state index in [2.05, 4.69) is 37.0 Å². The predicted octanol–water partition coefficient (Wildman–Crippen LogP) is 4.05. The highest BCUT2D eigenvalue weighted by atomic mass is 32.2. The third-order valence-electron chi connectivity index (χ3n) is 2.84. The first kappa shape index (κ1) is 12.8. The Morgan fingerprint density at radius 2 is 1.94 bits per heavy atom. The van der Waals surface area contributed by atoms with Gasteiger partial charge in [0, 0.05) is 16.7 Å². The molecular formula is C15H15NOS. The molecule has 0 unspecified atom stereocenters. The molecule has 0 atom stereocenters. The fourth-order valence-corrected chi connectivity index (χ4v) is 2.66. The highest BCUT2D eigenvalue weighted by Crippen LogP contribution is 2.29. The molecule has 2 rings (SSSR count). The van der Waals surface area contributed by atoms with Gasteiger partial charge in [-0.2, -0.15) is 0 Å². The van der Waals surface area contributed by atoms with Gasteiger partial charge in [0.2, 0.25) is 0 Å². The van der Waals surface area contributed by atoms with Gasteiger partial charge in [0.1, 0.15) is 5.03 Å². The summed E-state index contributed by atoms with van der Waals surface area (Å²) in [6, 6.07) is 9.89. The highest BCUT2D eigenvalue weighted by Gasteiger charge is 2.09. The van der Waals surface area contributed by atoms with Gasteiger partial charge in [-0.3, -0.25) is 4.79 Å². The summed E-state index contributed by atoms with van der Waals surface area (Å²) < 4.78 is 0. The summed E-state index contributed by atoms with van der Waals surface area (Å²) in [6.07, 6.45) is 1.72. The Morgan fingerprint density at radius 1 is 1.17 bits per heavy atom. The Kier molecular flexibility index (Phi) is 3.82. The third-order valence-corrected chi connectivity index (χ3v) is 3.85. The summed E-state index contributed by atoms with van der Waals surface area (Å²) in [4.78, 5) is 16.9. The summed E-state index contributed by atoms with van der Waals surface area (Å²) in [5.74, 6) is 0.0504. The number of benzene rings is 1. The van der Waals surface area contributed by atoms with Crippen LogP contribution in [0.3, 0.4) is 0 Å². The van der Waals surface area contributed by atoms with E-state index in [1.165, 1.54) is 22.9 Å². The molecule has 92 valence electrons. The molecule has 0 N–H and O–H groups in total. The molecule has 0 spiro atoms. The summed E-state index contributed by atoms with van der Waals surface area (Å²) in [7, 11) is 0. The summed E-state index contributed by atoms with van der Waals surface area (Å²) in [5, 5.41) is 0.772. The van der Waals surface area contributed by atoms with Gasteiger partial charge in [0.15, 0.2) is 5.78 Å². The Bertz CT molecular complexity index is 593. The number of carbonyl (C=O) groups is 1. The minimum absolute atomic E-state index is 0.0504. The van der Waals surface area contributed by atoms with Crippen molar-refractivity contribution >= 4 is 17.5 Å². The second-order valence-electron chi connectivity index (χ2n) is 4.26. The molecule has 18 heavy (non-hydrogen) atoms. The van der Waals surface area contributed by atoms with Crippen LogP contribution >= 0.6 is 11.8 Å². The van der Waals surface area contributed by atoms with E-state index >= 15 is 0 Å². The largest absolute Gasteiger partial charge is 0.294 e. The summed E-state index contributed by atoms with van der Waals surface area (Å²) >= 11 is 1.53. The lowest BCUT2D eigenvalue weighted by molar-refractivity contribution is 0.101. The molecule has 0 bridgehead atoms. The van der Waals surface area contributed by atoms with E-state index in [1.807, 2.05) is 6.07 Å². The smallest absolute Gasteiger partial charge is 0.162 e. The van der Waals surface area contributed by atoms with Gasteiger partial charge >= 0.3 is 0 Å². The summed E-state index contributed by atoms with van der Waals surface area (Å²) in [5.41, 5.74) is 3.20. The fourth-order valence-electron chi connectivity index (χ4n) is 1.63. The van der Waals surface area contributed by atoms with Crippen molar-refractivity contribution < 1.29 is 4.79 Å². The first-order valence-corrected chi connectivity index (χ1v) is 6.60. The molecule has 0 radical (unpaired) electrons. The van der Waals surface area contributed by atoms with E-state index in [-0.39, 0.29) is 5.78 Å². The van der Waals surface area contributed by atoms with Gasteiger partial charge in [-0.25, -0.2) is 4.98 Å². The number of hydrogen-bond donors (Lipinski definition) is 0. The molecule has 1 aromatic carbocycles. The van der Waals surface area contributed by atoms with Crippen molar-refractivity contribution in [2.24, 2.45) is 0 Å². The molecule has 0 saturated carbocycles. The number of aryl methyl sites for hydroxylation is 2. The molecule has 1 aromatic heterocycles. The maximum Gasteiger partial charge on any atom is 0.162 e. The molecule has 0 saturated heterocycles. The molecular weight excluding hydrogens is 242 g/mol. The fraction of sp³-hybridized carbons (Fsp3) is 0.200. The standard InChI is InChI=1S/C15H15NOS/c1-10-6-7-13(9-11(10)2)18-15-14(12(3)17)5-4-8-16-15/h4-9H,1-3H3. The topological polar surface area (TPSA) is 30.0 Å². The van der Waals surface area contributed by atoms with Crippen LogP contribution in [0.25, 0.3) is 0 Å². The summed E-state index contributed by atoms with van der Waals surface area (Å²) in [6.45, 7) is 5.75. The zero-order valence-corrected chi connectivity index (χ0v) is 11.5. The Hall–Kier alpha value is -1.61. The first-order valence-electron chi connectivity index (χ1n) is 5.79. The lowest BCUT2D eigenvalue weighted by atomic mass is 10.1. The number of aromatic nitrogens is 1. The number of ketones is 1. The van der Waals surface area contributed by atoms with Crippen LogP contribution in [0.4, 0.5) is 0 Å². The average Bonchev–Trinajstić information content (AvgIpc) is 2.34. The molecule has 0 aliphatic rings. The van der Waals surface area contributed by atoms with Crippen LogP contribution in [-0.2, 0) is 0 Å². The van der Waals surface area contributed by atoms with E-state index in [9.17, 15) is 4.79 Å². The van der Waals surface area contributed by atoms with Crippen molar-refractivity contribution in [2.75, 3.05) is 0 Å². The van der Waals surface area contributed by atoms with Crippen LogP contribution in [0, 0.1) is 13.8 Å². The van der Waals surface area contributed by atoms with Gasteiger partial charge in [0.05, 0.1) is 0 Å². The van der Waals surface area contributed by atoms with Gasteiger partial charge in [-0.15, -0.1) is 0 Å². The molecule has 0 fully saturated rings. The second kappa shape index (κ2) is 5.36. The lowest BCUT2D eigenvalue weighted by Crippen LogP contribution is -1.96. The third kappa shape index (κ3) is 2.79. The maximum atomic E-state index is 11.5. The number of hydrogen-bond acceptors (Lipinski definition) is 3. The van der Waals surface area contributed by atoms with Crippen molar-refractivity contribution in [2.45, 2.75) is 30.7 Å². The first-order chi connectivity index (χ1) is 8.58. The molecule has 3 heteroatoms. The number of rotatable bonds is 3. The van der Waals surface area contributed by atoms with Gasteiger partial charge in [-0.05, 0) is 56.2 Å². The van der Waals surface area contributed by atoms with Gasteiger partial charge < -0.3 is 0 Å². The molecule has 0 aliphatic carbocycles. The van der Waals surface area contributed by atoms with Crippen molar-refractivity contribution in [3.05, 3.63) is 53.2 Å². The van der Waals surface area contributed by atoms with E-state index < -0.39 is 0 Å². The Morgan fingerprint density at radius 3 is 2.61 bits per heavy atom. The molecule has 0 aliphatic heterocycles. The highest BCUT2D eigenvalue weighted by molar-refractivity contribution is 7.99. The van der Waals surface area contributed by atoms with Crippen LogP contribution in [0.2, 0.25) is 0 Å². The van der Waals surface area contributed by atoms with Crippen molar-refractivity contribution in [1.29, 1.82) is 0 Å².